The maximum atomic E-state index is 11.7. The second-order valence-corrected chi connectivity index (χ2v) is 5.59. The van der Waals surface area contributed by atoms with Crippen LogP contribution in [0.15, 0.2) is 0 Å². The van der Waals surface area contributed by atoms with Gasteiger partial charge in [-0.25, -0.2) is 8.42 Å². The third-order valence-corrected chi connectivity index (χ3v) is 3.26. The van der Waals surface area contributed by atoms with Crippen LogP contribution in [-0.4, -0.2) is 32.1 Å². The first-order chi connectivity index (χ1) is 6.12. The monoisotopic (exact) mass is 233 g/mol. The quantitative estimate of drug-likeness (QED) is 0.773. The molecule has 0 aliphatic heterocycles. The van der Waals surface area contributed by atoms with Crippen LogP contribution in [0.3, 0.4) is 0 Å². The maximum absolute atomic E-state index is 11.7. The third-order valence-electron chi connectivity index (χ3n) is 1.58. The molecular formula is C7H14F3NO2S. The van der Waals surface area contributed by atoms with Crippen LogP contribution < -0.4 is 5.73 Å². The first kappa shape index (κ1) is 13.7. The van der Waals surface area contributed by atoms with Crippen molar-refractivity contribution < 1.29 is 21.6 Å². The highest BCUT2D eigenvalue weighted by Crippen LogP contribution is 2.20. The largest absolute Gasteiger partial charge is 0.390 e. The number of hydrogen-bond acceptors (Lipinski definition) is 3. The van der Waals surface area contributed by atoms with Gasteiger partial charge in [-0.15, -0.1) is 0 Å². The Bertz CT molecular complexity index is 259. The van der Waals surface area contributed by atoms with Crippen molar-refractivity contribution in [3.05, 3.63) is 0 Å². The van der Waals surface area contributed by atoms with E-state index in [-0.39, 0.29) is 18.2 Å². The Morgan fingerprint density at radius 1 is 1.29 bits per heavy atom. The van der Waals surface area contributed by atoms with Gasteiger partial charge in [-0.2, -0.15) is 13.2 Å². The molecule has 7 heteroatoms. The van der Waals surface area contributed by atoms with Crippen molar-refractivity contribution in [1.29, 1.82) is 0 Å². The van der Waals surface area contributed by atoms with Gasteiger partial charge in [0.1, 0.15) is 0 Å². The summed E-state index contributed by atoms with van der Waals surface area (Å²) in [5.41, 5.74) is 5.29. The van der Waals surface area contributed by atoms with E-state index in [2.05, 4.69) is 0 Å². The molecule has 0 amide bonds. The summed E-state index contributed by atoms with van der Waals surface area (Å²) in [4.78, 5) is 0. The molecule has 86 valence electrons. The lowest BCUT2D eigenvalue weighted by Crippen LogP contribution is -2.23. The lowest BCUT2D eigenvalue weighted by Gasteiger charge is -2.08. The van der Waals surface area contributed by atoms with E-state index < -0.39 is 28.2 Å². The van der Waals surface area contributed by atoms with Crippen molar-refractivity contribution in [2.24, 2.45) is 5.73 Å². The molecule has 0 aliphatic rings. The first-order valence-corrected chi connectivity index (χ1v) is 5.97. The lowest BCUT2D eigenvalue weighted by atomic mass is 10.3. The van der Waals surface area contributed by atoms with Gasteiger partial charge >= 0.3 is 6.18 Å². The number of rotatable bonds is 5. The molecule has 2 N–H and O–H groups in total. The van der Waals surface area contributed by atoms with Gasteiger partial charge < -0.3 is 5.73 Å². The van der Waals surface area contributed by atoms with Crippen LogP contribution in [0, 0.1) is 0 Å². The van der Waals surface area contributed by atoms with E-state index in [0.717, 1.165) is 0 Å². The van der Waals surface area contributed by atoms with Gasteiger partial charge in [0.05, 0.1) is 17.9 Å². The Morgan fingerprint density at radius 2 is 1.79 bits per heavy atom. The minimum absolute atomic E-state index is 0.195. The Morgan fingerprint density at radius 3 is 2.14 bits per heavy atom. The highest BCUT2D eigenvalue weighted by molar-refractivity contribution is 7.91. The van der Waals surface area contributed by atoms with E-state index >= 15 is 0 Å². The second-order valence-electron chi connectivity index (χ2n) is 3.28. The molecule has 0 saturated heterocycles. The fourth-order valence-electron chi connectivity index (χ4n) is 0.739. The second kappa shape index (κ2) is 4.97. The van der Waals surface area contributed by atoms with Crippen LogP contribution in [-0.2, 0) is 9.84 Å². The predicted octanol–water partition coefficient (Wildman–Crippen LogP) is 1.09. The average molecular weight is 233 g/mol. The molecule has 0 aromatic carbocycles. The van der Waals surface area contributed by atoms with Gasteiger partial charge in [0.25, 0.3) is 0 Å². The van der Waals surface area contributed by atoms with Crippen molar-refractivity contribution in [1.82, 2.24) is 0 Å². The van der Waals surface area contributed by atoms with Crippen LogP contribution in [0.1, 0.15) is 19.8 Å². The molecule has 1 unspecified atom stereocenters. The minimum atomic E-state index is -4.42. The van der Waals surface area contributed by atoms with Gasteiger partial charge in [0, 0.05) is 6.04 Å². The Hall–Kier alpha value is -0.300. The number of halogens is 3. The zero-order valence-electron chi connectivity index (χ0n) is 7.84. The van der Waals surface area contributed by atoms with E-state index in [1.165, 1.54) is 0 Å². The zero-order valence-corrected chi connectivity index (χ0v) is 8.66. The third kappa shape index (κ3) is 8.31. The van der Waals surface area contributed by atoms with Crippen LogP contribution in [0.2, 0.25) is 0 Å². The summed E-state index contributed by atoms with van der Waals surface area (Å²) in [5.74, 6) is -1.12. The molecule has 0 fully saturated rings. The number of alkyl halides is 3. The molecular weight excluding hydrogens is 219 g/mol. The highest BCUT2D eigenvalue weighted by atomic mass is 32.2. The van der Waals surface area contributed by atoms with Crippen molar-refractivity contribution >= 4 is 9.84 Å². The van der Waals surface area contributed by atoms with Gasteiger partial charge in [0.2, 0.25) is 0 Å². The Kier molecular flexibility index (Phi) is 4.87. The molecule has 0 spiro atoms. The number of hydrogen-bond donors (Lipinski definition) is 1. The van der Waals surface area contributed by atoms with Crippen LogP contribution in [0.5, 0.6) is 0 Å². The topological polar surface area (TPSA) is 60.2 Å². The fourth-order valence-corrected chi connectivity index (χ4v) is 2.22. The van der Waals surface area contributed by atoms with E-state index in [1.54, 1.807) is 6.92 Å². The van der Waals surface area contributed by atoms with Crippen molar-refractivity contribution in [2.45, 2.75) is 32.0 Å². The molecule has 0 aromatic rings. The standard InChI is InChI=1S/C7H14F3NO2S/c1-6(11)2-4-14(12,13)5-3-7(8,9)10/h6H,2-5,11H2,1H3. The average Bonchev–Trinajstić information content (AvgIpc) is 1.97. The molecule has 0 rings (SSSR count). The van der Waals surface area contributed by atoms with Gasteiger partial charge in [-0.3, -0.25) is 0 Å². The maximum Gasteiger partial charge on any atom is 0.390 e. The predicted molar refractivity (Wildman–Crippen MR) is 47.6 cm³/mol. The molecule has 0 heterocycles. The summed E-state index contributed by atoms with van der Waals surface area (Å²) in [6.07, 6.45) is -5.50. The summed E-state index contributed by atoms with van der Waals surface area (Å²) in [7, 11) is -3.61. The Labute approximate surface area is 81.4 Å². The summed E-state index contributed by atoms with van der Waals surface area (Å²) < 4.78 is 57.1. The lowest BCUT2D eigenvalue weighted by molar-refractivity contribution is -0.129. The van der Waals surface area contributed by atoms with Crippen LogP contribution >= 0.6 is 0 Å². The first-order valence-electron chi connectivity index (χ1n) is 4.15. The van der Waals surface area contributed by atoms with E-state index in [4.69, 9.17) is 5.73 Å². The molecule has 14 heavy (non-hydrogen) atoms. The van der Waals surface area contributed by atoms with Crippen molar-refractivity contribution in [2.75, 3.05) is 11.5 Å². The minimum Gasteiger partial charge on any atom is -0.328 e. The van der Waals surface area contributed by atoms with Gasteiger partial charge in [-0.05, 0) is 13.3 Å². The zero-order chi connectivity index (χ0) is 11.4. The molecule has 1 atom stereocenters. The Balaban J connectivity index is 3.97. The molecule has 0 radical (unpaired) electrons. The molecule has 0 bridgehead atoms. The SMILES string of the molecule is CC(N)CCS(=O)(=O)CCC(F)(F)F. The summed E-state index contributed by atoms with van der Waals surface area (Å²) >= 11 is 0. The van der Waals surface area contributed by atoms with E-state index in [1.807, 2.05) is 0 Å². The van der Waals surface area contributed by atoms with Crippen LogP contribution in [0.25, 0.3) is 0 Å². The van der Waals surface area contributed by atoms with Crippen LogP contribution in [0.4, 0.5) is 13.2 Å². The van der Waals surface area contributed by atoms with Crippen molar-refractivity contribution in [3.63, 3.8) is 0 Å². The fraction of sp³-hybridized carbons (Fsp3) is 1.00. The highest BCUT2D eigenvalue weighted by Gasteiger charge is 2.29. The summed E-state index contributed by atoms with van der Waals surface area (Å²) in [5, 5.41) is 0. The molecule has 0 saturated carbocycles. The smallest absolute Gasteiger partial charge is 0.328 e. The summed E-state index contributed by atoms with van der Waals surface area (Å²) in [6, 6.07) is -0.310. The number of sulfone groups is 1. The van der Waals surface area contributed by atoms with Gasteiger partial charge in [-0.1, -0.05) is 0 Å². The summed E-state index contributed by atoms with van der Waals surface area (Å²) in [6.45, 7) is 1.61. The number of nitrogens with two attached hydrogens (primary N) is 1. The van der Waals surface area contributed by atoms with Gasteiger partial charge in [0.15, 0.2) is 9.84 Å². The molecule has 0 aliphatic carbocycles. The normalized spacial score (nSPS) is 15.5. The molecule has 3 nitrogen and oxygen atoms in total. The van der Waals surface area contributed by atoms with Crippen molar-refractivity contribution in [3.8, 4) is 0 Å². The molecule has 0 aromatic heterocycles. The van der Waals surface area contributed by atoms with E-state index in [9.17, 15) is 21.6 Å². The van der Waals surface area contributed by atoms with E-state index in [0.29, 0.717) is 0 Å².